The lowest BCUT2D eigenvalue weighted by Crippen LogP contribution is -2.45. The number of aliphatic hydroxyl groups is 1. The number of hydrogen-bond acceptors (Lipinski definition) is 5. The van der Waals surface area contributed by atoms with Crippen LogP contribution in [0.1, 0.15) is 149 Å². The topological polar surface area (TPSA) is 105 Å². The van der Waals surface area contributed by atoms with Gasteiger partial charge < -0.3 is 19.8 Å². The molecule has 3 unspecified atom stereocenters. The fourth-order valence-electron chi connectivity index (χ4n) is 4.86. The molecule has 0 rings (SSSR count). The van der Waals surface area contributed by atoms with E-state index in [9.17, 15) is 19.4 Å². The molecule has 256 valence electrons. The molecule has 3 N–H and O–H groups in total. The second kappa shape index (κ2) is 27.5. The average molecular weight is 634 g/mol. The van der Waals surface area contributed by atoms with Gasteiger partial charge in [-0.1, -0.05) is 135 Å². The van der Waals surface area contributed by atoms with Crippen LogP contribution in [0.4, 0.5) is 0 Å². The Kier molecular flexibility index (Phi) is 27.1. The number of hydrogen-bond donors (Lipinski definition) is 3. The van der Waals surface area contributed by atoms with Crippen LogP contribution in [0, 0.1) is 0 Å². The van der Waals surface area contributed by atoms with E-state index in [0.29, 0.717) is 17.4 Å². The number of likely N-dealkylation sites (N-methyl/N-ethyl adjacent to an activating group) is 1. The number of aliphatic hydroxyl groups excluding tert-OH is 1. The highest BCUT2D eigenvalue weighted by atomic mass is 31.2. The number of quaternary nitrogens is 1. The SMILES string of the molecule is CCCCCCCCCC/C=C/C(O)C(COP(=O)(O)OCC[N+](C)(C)C)NC(=O)CCCCCCCCCCCCC. The lowest BCUT2D eigenvalue weighted by Gasteiger charge is -2.25. The van der Waals surface area contributed by atoms with Gasteiger partial charge in [-0.2, -0.15) is 0 Å². The Morgan fingerprint density at radius 3 is 1.72 bits per heavy atom. The minimum absolute atomic E-state index is 0.0637. The zero-order valence-corrected chi connectivity index (χ0v) is 29.6. The highest BCUT2D eigenvalue weighted by Crippen LogP contribution is 2.43. The van der Waals surface area contributed by atoms with Crippen molar-refractivity contribution in [1.29, 1.82) is 0 Å². The minimum Gasteiger partial charge on any atom is -0.387 e. The third kappa shape index (κ3) is 29.7. The lowest BCUT2D eigenvalue weighted by atomic mass is 10.0. The smallest absolute Gasteiger partial charge is 0.387 e. The zero-order valence-electron chi connectivity index (χ0n) is 28.7. The van der Waals surface area contributed by atoms with E-state index >= 15 is 0 Å². The quantitative estimate of drug-likeness (QED) is 0.0306. The third-order valence-electron chi connectivity index (χ3n) is 7.76. The van der Waals surface area contributed by atoms with E-state index in [2.05, 4.69) is 19.2 Å². The molecule has 8 nitrogen and oxygen atoms in total. The van der Waals surface area contributed by atoms with Crippen molar-refractivity contribution in [3.05, 3.63) is 12.2 Å². The van der Waals surface area contributed by atoms with Crippen LogP contribution >= 0.6 is 7.82 Å². The van der Waals surface area contributed by atoms with Gasteiger partial charge >= 0.3 is 7.82 Å². The molecular formula is C34H70N2O6P+. The summed E-state index contributed by atoms with van der Waals surface area (Å²) in [6, 6.07) is -0.836. The molecule has 1 amide bonds. The molecule has 0 aliphatic rings. The van der Waals surface area contributed by atoms with E-state index in [0.717, 1.165) is 38.5 Å². The molecule has 9 heteroatoms. The van der Waals surface area contributed by atoms with Gasteiger partial charge in [0.2, 0.25) is 5.91 Å². The molecule has 0 aliphatic heterocycles. The van der Waals surface area contributed by atoms with Crippen molar-refractivity contribution in [3.63, 3.8) is 0 Å². The summed E-state index contributed by atoms with van der Waals surface area (Å²) in [5.74, 6) is -0.182. The maximum Gasteiger partial charge on any atom is 0.472 e. The van der Waals surface area contributed by atoms with Crippen LogP contribution in [-0.2, 0) is 18.4 Å². The summed E-state index contributed by atoms with van der Waals surface area (Å²) in [5.41, 5.74) is 0. The Morgan fingerprint density at radius 1 is 0.767 bits per heavy atom. The second-order valence-electron chi connectivity index (χ2n) is 13.3. The van der Waals surface area contributed by atoms with E-state index in [4.69, 9.17) is 9.05 Å². The number of allylic oxidation sites excluding steroid dienone is 1. The van der Waals surface area contributed by atoms with Crippen molar-refractivity contribution in [2.45, 2.75) is 161 Å². The van der Waals surface area contributed by atoms with Crippen LogP contribution in [-0.4, -0.2) is 73.4 Å². The highest BCUT2D eigenvalue weighted by Gasteiger charge is 2.27. The first kappa shape index (κ1) is 42.2. The number of carbonyl (C=O) groups is 1. The van der Waals surface area contributed by atoms with Gasteiger partial charge in [-0.05, 0) is 19.3 Å². The molecule has 3 atom stereocenters. The maximum atomic E-state index is 12.7. The summed E-state index contributed by atoms with van der Waals surface area (Å²) in [6.07, 6.45) is 27.0. The van der Waals surface area contributed by atoms with E-state index < -0.39 is 20.0 Å². The summed E-state index contributed by atoms with van der Waals surface area (Å²) in [7, 11) is 1.57. The van der Waals surface area contributed by atoms with Gasteiger partial charge in [0, 0.05) is 6.42 Å². The lowest BCUT2D eigenvalue weighted by molar-refractivity contribution is -0.870. The number of phosphoric ester groups is 1. The van der Waals surface area contributed by atoms with Crippen LogP contribution in [0.25, 0.3) is 0 Å². The van der Waals surface area contributed by atoms with Crippen molar-refractivity contribution in [1.82, 2.24) is 5.32 Å². The first-order valence-electron chi connectivity index (χ1n) is 17.6. The predicted octanol–water partition coefficient (Wildman–Crippen LogP) is 8.46. The van der Waals surface area contributed by atoms with Crippen LogP contribution in [0.3, 0.4) is 0 Å². The Labute approximate surface area is 265 Å². The maximum absolute atomic E-state index is 12.7. The van der Waals surface area contributed by atoms with E-state index in [1.54, 1.807) is 6.08 Å². The molecule has 0 aromatic heterocycles. The monoisotopic (exact) mass is 633 g/mol. The fourth-order valence-corrected chi connectivity index (χ4v) is 5.60. The Balaban J connectivity index is 4.59. The molecule has 0 aromatic rings. The normalized spacial score (nSPS) is 15.0. The van der Waals surface area contributed by atoms with Crippen LogP contribution in [0.2, 0.25) is 0 Å². The molecule has 0 spiro atoms. The fraction of sp³-hybridized carbons (Fsp3) is 0.912. The molecule has 0 saturated carbocycles. The Bertz CT molecular complexity index is 728. The summed E-state index contributed by atoms with van der Waals surface area (Å²) >= 11 is 0. The number of rotatable bonds is 31. The van der Waals surface area contributed by atoms with Gasteiger partial charge in [0.1, 0.15) is 13.2 Å². The highest BCUT2D eigenvalue weighted by molar-refractivity contribution is 7.47. The van der Waals surface area contributed by atoms with Crippen molar-refractivity contribution in [2.24, 2.45) is 0 Å². The minimum atomic E-state index is -4.31. The van der Waals surface area contributed by atoms with Gasteiger partial charge in [0.15, 0.2) is 0 Å². The van der Waals surface area contributed by atoms with Crippen LogP contribution < -0.4 is 5.32 Å². The number of carbonyl (C=O) groups excluding carboxylic acids is 1. The van der Waals surface area contributed by atoms with Crippen molar-refractivity contribution >= 4 is 13.7 Å². The van der Waals surface area contributed by atoms with Crippen LogP contribution in [0.15, 0.2) is 12.2 Å². The number of nitrogens with one attached hydrogen (secondary N) is 1. The average Bonchev–Trinajstić information content (AvgIpc) is 2.94. The molecule has 0 heterocycles. The molecule has 0 bridgehead atoms. The van der Waals surface area contributed by atoms with Crippen LogP contribution in [0.5, 0.6) is 0 Å². The second-order valence-corrected chi connectivity index (χ2v) is 14.7. The molecular weight excluding hydrogens is 563 g/mol. The molecule has 0 aromatic carbocycles. The number of unbranched alkanes of at least 4 members (excludes halogenated alkanes) is 18. The first-order chi connectivity index (χ1) is 20.5. The molecule has 0 fully saturated rings. The van der Waals surface area contributed by atoms with Gasteiger partial charge in [0.05, 0.1) is 39.9 Å². The van der Waals surface area contributed by atoms with E-state index in [1.165, 1.54) is 89.9 Å². The standard InChI is InChI=1S/C34H69N2O6P/c1-6-8-10-12-14-16-18-20-22-24-26-28-34(38)35-32(31-42-43(39,40)41-30-29-36(3,4)5)33(37)27-25-23-21-19-17-15-13-11-9-7-2/h25,27,32-33,37H,6-24,26,28-31H2,1-5H3,(H-,35,38,39,40)/p+1/b27-25+. The molecule has 0 radical (unpaired) electrons. The largest absolute Gasteiger partial charge is 0.472 e. The van der Waals surface area contributed by atoms with Crippen molar-refractivity contribution in [2.75, 3.05) is 40.9 Å². The Morgan fingerprint density at radius 2 is 1.23 bits per heavy atom. The van der Waals surface area contributed by atoms with E-state index in [1.807, 2.05) is 27.2 Å². The number of nitrogens with zero attached hydrogens (tertiary/aromatic N) is 1. The van der Waals surface area contributed by atoms with E-state index in [-0.39, 0.29) is 19.1 Å². The van der Waals surface area contributed by atoms with Crippen molar-refractivity contribution < 1.29 is 32.9 Å². The van der Waals surface area contributed by atoms with Gasteiger partial charge in [0.25, 0.3) is 0 Å². The van der Waals surface area contributed by atoms with Gasteiger partial charge in [-0.15, -0.1) is 0 Å². The summed E-state index contributed by atoms with van der Waals surface area (Å²) in [6.45, 7) is 4.76. The number of amides is 1. The number of phosphoric acid groups is 1. The van der Waals surface area contributed by atoms with Crippen molar-refractivity contribution in [3.8, 4) is 0 Å². The zero-order chi connectivity index (χ0) is 32.2. The summed E-state index contributed by atoms with van der Waals surface area (Å²) in [5, 5.41) is 13.7. The first-order valence-corrected chi connectivity index (χ1v) is 19.1. The third-order valence-corrected chi connectivity index (χ3v) is 8.74. The molecule has 0 aliphatic carbocycles. The predicted molar refractivity (Wildman–Crippen MR) is 180 cm³/mol. The van der Waals surface area contributed by atoms with Gasteiger partial charge in [-0.3, -0.25) is 13.8 Å². The molecule has 0 saturated heterocycles. The molecule has 43 heavy (non-hydrogen) atoms. The summed E-state index contributed by atoms with van der Waals surface area (Å²) in [4.78, 5) is 22.8. The van der Waals surface area contributed by atoms with Gasteiger partial charge in [-0.25, -0.2) is 4.57 Å². The Hall–Kier alpha value is -0.760. The summed E-state index contributed by atoms with van der Waals surface area (Å²) < 4.78 is 23.3.